The molecule has 0 radical (unpaired) electrons. The number of esters is 2. The fraction of sp³-hybridized carbons (Fsp3) is 0.643. The number of carboxylic acid groups (broad SMARTS) is 1. The molecule has 0 N–H and O–H groups in total. The van der Waals surface area contributed by atoms with Crippen molar-refractivity contribution in [3.63, 3.8) is 0 Å². The molecule has 0 heterocycles. The summed E-state index contributed by atoms with van der Waals surface area (Å²) in [5.74, 6) is -1.87. The van der Waals surface area contributed by atoms with Crippen molar-refractivity contribution in [2.24, 2.45) is 0 Å². The van der Waals surface area contributed by atoms with Gasteiger partial charge in [-0.1, -0.05) is 112 Å². The molecule has 0 aliphatic heterocycles. The topological polar surface area (TPSA) is 102 Å². The second-order valence-corrected chi connectivity index (χ2v) is 13.4. The van der Waals surface area contributed by atoms with E-state index in [0.717, 1.165) is 70.6 Å². The number of carbonyl (C=O) groups excluding carboxylic acids is 3. The van der Waals surface area contributed by atoms with Crippen molar-refractivity contribution in [3.8, 4) is 0 Å². The van der Waals surface area contributed by atoms with Gasteiger partial charge < -0.3 is 28.6 Å². The number of unbranched alkanes of at least 4 members (excludes halogenated alkanes) is 6. The van der Waals surface area contributed by atoms with Crippen LogP contribution < -0.4 is 5.11 Å². The van der Waals surface area contributed by atoms with Crippen LogP contribution in [-0.4, -0.2) is 75.5 Å². The third kappa shape index (κ3) is 30.8. The molecule has 0 aliphatic carbocycles. The van der Waals surface area contributed by atoms with E-state index in [2.05, 4.69) is 74.6 Å². The molecule has 0 fully saturated rings. The number of rotatable bonds is 32. The van der Waals surface area contributed by atoms with Crippen LogP contribution in [0.25, 0.3) is 0 Å². The molecule has 0 spiro atoms. The van der Waals surface area contributed by atoms with Gasteiger partial charge in [0.1, 0.15) is 12.6 Å². The number of hydrogen-bond donors (Lipinski definition) is 0. The number of carbonyl (C=O) groups is 3. The molecule has 0 amide bonds. The average molecular weight is 700 g/mol. The normalized spacial score (nSPS) is 13.9. The number of ether oxygens (including phenoxy) is 3. The lowest BCUT2D eigenvalue weighted by atomic mass is 10.1. The van der Waals surface area contributed by atoms with E-state index in [-0.39, 0.29) is 43.1 Å². The highest BCUT2D eigenvalue weighted by Crippen LogP contribution is 2.10. The Morgan fingerprint density at radius 3 is 1.72 bits per heavy atom. The number of allylic oxidation sites excluding steroid dienone is 12. The van der Waals surface area contributed by atoms with Gasteiger partial charge in [0.05, 0.1) is 40.3 Å². The largest absolute Gasteiger partial charge is 0.544 e. The lowest BCUT2D eigenvalue weighted by molar-refractivity contribution is -0.889. The zero-order valence-electron chi connectivity index (χ0n) is 32.0. The first-order valence-corrected chi connectivity index (χ1v) is 19.0. The minimum atomic E-state index is -1.14. The molecular formula is C42H69NO7. The van der Waals surface area contributed by atoms with Crippen LogP contribution in [0.3, 0.4) is 0 Å². The Bertz CT molecular complexity index is 1050. The van der Waals surface area contributed by atoms with E-state index >= 15 is 0 Å². The van der Waals surface area contributed by atoms with Gasteiger partial charge >= 0.3 is 11.9 Å². The average Bonchev–Trinajstić information content (AvgIpc) is 3.06. The molecule has 8 nitrogen and oxygen atoms in total. The van der Waals surface area contributed by atoms with Gasteiger partial charge in [-0.25, -0.2) is 0 Å². The lowest BCUT2D eigenvalue weighted by Crippen LogP contribution is -2.55. The van der Waals surface area contributed by atoms with Crippen LogP contribution in [0.1, 0.15) is 123 Å². The Balaban J connectivity index is 4.59. The van der Waals surface area contributed by atoms with Crippen LogP contribution in [0.15, 0.2) is 72.9 Å². The first-order chi connectivity index (χ1) is 24.1. The molecule has 2 unspecified atom stereocenters. The fourth-order valence-corrected chi connectivity index (χ4v) is 4.86. The molecule has 284 valence electrons. The molecule has 0 saturated carbocycles. The molecule has 0 aromatic heterocycles. The van der Waals surface area contributed by atoms with E-state index in [0.29, 0.717) is 12.8 Å². The lowest BCUT2D eigenvalue weighted by Gasteiger charge is -2.34. The first kappa shape index (κ1) is 46.8. The van der Waals surface area contributed by atoms with Crippen LogP contribution in [0.2, 0.25) is 0 Å². The van der Waals surface area contributed by atoms with Crippen molar-refractivity contribution < 1.29 is 38.2 Å². The maximum atomic E-state index is 12.6. The molecule has 2 atom stereocenters. The van der Waals surface area contributed by atoms with E-state index < -0.39 is 24.1 Å². The summed E-state index contributed by atoms with van der Waals surface area (Å²) in [7, 11) is 5.36. The number of quaternary nitrogens is 1. The summed E-state index contributed by atoms with van der Waals surface area (Å²) in [6.45, 7) is 4.37. The van der Waals surface area contributed by atoms with Crippen molar-refractivity contribution >= 4 is 17.9 Å². The molecule has 0 aromatic rings. The highest BCUT2D eigenvalue weighted by atomic mass is 16.6. The van der Waals surface area contributed by atoms with Crippen molar-refractivity contribution in [3.05, 3.63) is 72.9 Å². The second-order valence-electron chi connectivity index (χ2n) is 13.4. The first-order valence-electron chi connectivity index (χ1n) is 19.0. The monoisotopic (exact) mass is 700 g/mol. The zero-order valence-corrected chi connectivity index (χ0v) is 32.0. The quantitative estimate of drug-likeness (QED) is 0.0301. The van der Waals surface area contributed by atoms with Crippen molar-refractivity contribution in [1.82, 2.24) is 0 Å². The molecule has 0 rings (SSSR count). The van der Waals surface area contributed by atoms with Crippen LogP contribution in [0, 0.1) is 0 Å². The zero-order chi connectivity index (χ0) is 37.1. The van der Waals surface area contributed by atoms with E-state index in [4.69, 9.17) is 14.2 Å². The minimum Gasteiger partial charge on any atom is -0.544 e. The van der Waals surface area contributed by atoms with Crippen LogP contribution in [0.4, 0.5) is 0 Å². The Hall–Kier alpha value is -3.23. The Morgan fingerprint density at radius 1 is 0.620 bits per heavy atom. The second kappa shape index (κ2) is 32.9. The van der Waals surface area contributed by atoms with Gasteiger partial charge in [0.25, 0.3) is 0 Å². The van der Waals surface area contributed by atoms with Crippen molar-refractivity contribution in [1.29, 1.82) is 0 Å². The van der Waals surface area contributed by atoms with Gasteiger partial charge in [0.2, 0.25) is 0 Å². The van der Waals surface area contributed by atoms with E-state index in [1.807, 2.05) is 12.2 Å². The van der Waals surface area contributed by atoms with E-state index in [1.165, 1.54) is 12.8 Å². The van der Waals surface area contributed by atoms with Gasteiger partial charge in [0, 0.05) is 19.3 Å². The molecule has 8 heteroatoms. The minimum absolute atomic E-state index is 0.00335. The van der Waals surface area contributed by atoms with Gasteiger partial charge in [-0.15, -0.1) is 0 Å². The van der Waals surface area contributed by atoms with Gasteiger partial charge in [0.15, 0.2) is 6.10 Å². The Kier molecular flexibility index (Phi) is 30.8. The van der Waals surface area contributed by atoms with Crippen LogP contribution in [0.5, 0.6) is 0 Å². The molecule has 50 heavy (non-hydrogen) atoms. The number of aliphatic carboxylic acids is 1. The maximum Gasteiger partial charge on any atom is 0.306 e. The van der Waals surface area contributed by atoms with Gasteiger partial charge in [-0.05, 0) is 64.2 Å². The van der Waals surface area contributed by atoms with Crippen molar-refractivity contribution in [2.75, 3.05) is 41.0 Å². The summed E-state index contributed by atoms with van der Waals surface area (Å²) in [6.07, 6.45) is 39.5. The summed E-state index contributed by atoms with van der Waals surface area (Å²) in [5, 5.41) is 11.6. The molecule has 0 aromatic carbocycles. The summed E-state index contributed by atoms with van der Waals surface area (Å²) in [5.41, 5.74) is 0. The van der Waals surface area contributed by atoms with E-state index in [9.17, 15) is 19.5 Å². The van der Waals surface area contributed by atoms with Gasteiger partial charge in [-0.2, -0.15) is 0 Å². The highest BCUT2D eigenvalue weighted by molar-refractivity contribution is 5.70. The number of nitrogens with zero attached hydrogens (tertiary/aromatic N) is 1. The Morgan fingerprint density at radius 2 is 1.16 bits per heavy atom. The summed E-state index contributed by atoms with van der Waals surface area (Å²) in [4.78, 5) is 36.6. The molecule has 0 saturated heterocycles. The van der Waals surface area contributed by atoms with Crippen molar-refractivity contribution in [2.45, 2.75) is 135 Å². The molecule has 0 aliphatic rings. The summed E-state index contributed by atoms with van der Waals surface area (Å²) in [6, 6.07) is -0.741. The molecule has 0 bridgehead atoms. The summed E-state index contributed by atoms with van der Waals surface area (Å²) >= 11 is 0. The van der Waals surface area contributed by atoms with E-state index in [1.54, 1.807) is 21.1 Å². The predicted molar refractivity (Wildman–Crippen MR) is 203 cm³/mol. The third-order valence-corrected chi connectivity index (χ3v) is 7.84. The highest BCUT2D eigenvalue weighted by Gasteiger charge is 2.25. The Labute approximate surface area is 304 Å². The van der Waals surface area contributed by atoms with Crippen LogP contribution in [-0.2, 0) is 28.6 Å². The predicted octanol–water partition coefficient (Wildman–Crippen LogP) is 8.29. The number of likely N-dealkylation sites (N-methyl/N-ethyl adjacent to an activating group) is 1. The standard InChI is InChI=1S/C42H69NO7/c1-6-8-10-12-14-16-18-19-20-21-22-23-25-27-29-31-33-41(45)50-38(36-48-35-34-39(42(46)47)43(3,4)5)37-49-40(44)32-30-28-26-24-17-15-13-11-9-7-2/h8,10,13-16,19-20,22-23,27,29,38-39H,6-7,9,11-12,17-18,21,24-26,28,30-37H2,1-5H3/b10-8+,15-13+,16-14+,20-19+,23-22+,29-27+. The third-order valence-electron chi connectivity index (χ3n) is 7.84. The van der Waals surface area contributed by atoms with Crippen LogP contribution >= 0.6 is 0 Å². The smallest absolute Gasteiger partial charge is 0.306 e. The van der Waals surface area contributed by atoms with Gasteiger partial charge in [-0.3, -0.25) is 9.59 Å². The number of carboxylic acids is 1. The fourth-order valence-electron chi connectivity index (χ4n) is 4.86. The molecular weight excluding hydrogens is 630 g/mol. The SMILES string of the molecule is CC/C=C/C/C=C/C/C=C/C/C=C/C/C=C/CCC(=O)OC(COCCC(C(=O)[O-])[N+](C)(C)C)COC(=O)CCCCCC/C=C/CCCC. The number of hydrogen-bond acceptors (Lipinski definition) is 7. The maximum absolute atomic E-state index is 12.6. The summed E-state index contributed by atoms with van der Waals surface area (Å²) < 4.78 is 17.0.